The summed E-state index contributed by atoms with van der Waals surface area (Å²) in [6.07, 6.45) is 5.51. The van der Waals surface area contributed by atoms with Crippen molar-refractivity contribution in [2.45, 2.75) is 46.3 Å². The van der Waals surface area contributed by atoms with Gasteiger partial charge in [-0.3, -0.25) is 4.98 Å². The molecule has 0 aliphatic heterocycles. The molecule has 0 saturated heterocycles. The van der Waals surface area contributed by atoms with Gasteiger partial charge in [-0.05, 0) is 49.9 Å². The lowest BCUT2D eigenvalue weighted by molar-refractivity contribution is 0.301. The van der Waals surface area contributed by atoms with Gasteiger partial charge in [-0.15, -0.1) is 0 Å². The molecule has 0 bridgehead atoms. The van der Waals surface area contributed by atoms with Gasteiger partial charge in [0.2, 0.25) is 0 Å². The van der Waals surface area contributed by atoms with Crippen LogP contribution in [0.15, 0.2) is 36.7 Å². The number of nitrogens with two attached hydrogens (primary N) is 1. The van der Waals surface area contributed by atoms with Crippen molar-refractivity contribution >= 4 is 0 Å². The third-order valence-electron chi connectivity index (χ3n) is 3.55. The number of aromatic nitrogens is 1. The van der Waals surface area contributed by atoms with Crippen LogP contribution in [0.3, 0.4) is 0 Å². The van der Waals surface area contributed by atoms with E-state index >= 15 is 0 Å². The predicted molar refractivity (Wildman–Crippen MR) is 86.5 cm³/mol. The highest BCUT2D eigenvalue weighted by atomic mass is 16.5. The van der Waals surface area contributed by atoms with Crippen molar-refractivity contribution < 1.29 is 4.74 Å². The van der Waals surface area contributed by atoms with E-state index in [1.165, 1.54) is 11.1 Å². The van der Waals surface area contributed by atoms with E-state index in [-0.39, 0.29) is 6.04 Å². The molecule has 0 aliphatic rings. The molecule has 1 aromatic heterocycles. The molecule has 1 heterocycles. The van der Waals surface area contributed by atoms with Crippen LogP contribution in [0.25, 0.3) is 0 Å². The summed E-state index contributed by atoms with van der Waals surface area (Å²) in [6, 6.07) is 8.55. The van der Waals surface area contributed by atoms with Crippen LogP contribution in [0.5, 0.6) is 5.75 Å². The van der Waals surface area contributed by atoms with E-state index in [2.05, 4.69) is 37.0 Å². The fraction of sp³-hybridized carbons (Fsp3) is 0.389. The van der Waals surface area contributed by atoms with Crippen LogP contribution in [-0.4, -0.2) is 11.0 Å². The molecule has 0 spiro atoms. The second-order valence-electron chi connectivity index (χ2n) is 5.64. The van der Waals surface area contributed by atoms with Crippen LogP contribution >= 0.6 is 0 Å². The van der Waals surface area contributed by atoms with E-state index in [0.29, 0.717) is 6.61 Å². The van der Waals surface area contributed by atoms with Crippen molar-refractivity contribution in [2.24, 2.45) is 5.73 Å². The number of ether oxygens (including phenoxy) is 1. The number of hydrogen-bond donors (Lipinski definition) is 1. The standard InChI is InChI=1S/C18H24N2O/c1-4-17(19)9-16-8-13(2)5-6-18(16)21-12-15-7-14(3)10-20-11-15/h5-8,10-11,17H,4,9,12,19H2,1-3H3. The summed E-state index contributed by atoms with van der Waals surface area (Å²) in [6.45, 7) is 6.77. The van der Waals surface area contributed by atoms with Crippen molar-refractivity contribution in [3.63, 3.8) is 0 Å². The third-order valence-corrected chi connectivity index (χ3v) is 3.55. The predicted octanol–water partition coefficient (Wildman–Crippen LogP) is 3.56. The first-order valence-corrected chi connectivity index (χ1v) is 7.47. The molecule has 2 aromatic rings. The Morgan fingerprint density at radius 2 is 1.95 bits per heavy atom. The topological polar surface area (TPSA) is 48.1 Å². The first kappa shape index (κ1) is 15.5. The molecule has 1 atom stereocenters. The van der Waals surface area contributed by atoms with E-state index in [1.807, 2.05) is 25.4 Å². The number of pyridine rings is 1. The van der Waals surface area contributed by atoms with Crippen LogP contribution in [0.1, 0.15) is 35.6 Å². The Hall–Kier alpha value is -1.87. The first-order valence-electron chi connectivity index (χ1n) is 7.47. The largest absolute Gasteiger partial charge is 0.489 e. The Balaban J connectivity index is 2.11. The molecular weight excluding hydrogens is 260 g/mol. The quantitative estimate of drug-likeness (QED) is 0.882. The molecule has 0 saturated carbocycles. The van der Waals surface area contributed by atoms with Crippen LogP contribution < -0.4 is 10.5 Å². The molecular formula is C18H24N2O. The molecule has 1 aromatic carbocycles. The number of nitrogens with zero attached hydrogens (tertiary/aromatic N) is 1. The van der Waals surface area contributed by atoms with Gasteiger partial charge in [0.15, 0.2) is 0 Å². The fourth-order valence-corrected chi connectivity index (χ4v) is 2.29. The Bertz CT molecular complexity index is 596. The van der Waals surface area contributed by atoms with Crippen molar-refractivity contribution in [2.75, 3.05) is 0 Å². The van der Waals surface area contributed by atoms with Crippen molar-refractivity contribution in [1.29, 1.82) is 0 Å². The van der Waals surface area contributed by atoms with Gasteiger partial charge in [0.1, 0.15) is 12.4 Å². The summed E-state index contributed by atoms with van der Waals surface area (Å²) in [7, 11) is 0. The lowest BCUT2D eigenvalue weighted by Crippen LogP contribution is -2.21. The minimum Gasteiger partial charge on any atom is -0.489 e. The van der Waals surface area contributed by atoms with E-state index < -0.39 is 0 Å². The summed E-state index contributed by atoms with van der Waals surface area (Å²) >= 11 is 0. The van der Waals surface area contributed by atoms with Crippen molar-refractivity contribution in [3.05, 3.63) is 58.9 Å². The highest BCUT2D eigenvalue weighted by molar-refractivity contribution is 5.37. The number of rotatable bonds is 6. The van der Waals surface area contributed by atoms with Crippen LogP contribution in [-0.2, 0) is 13.0 Å². The summed E-state index contributed by atoms with van der Waals surface area (Å²) < 4.78 is 5.98. The molecule has 0 fully saturated rings. The maximum Gasteiger partial charge on any atom is 0.123 e. The zero-order valence-corrected chi connectivity index (χ0v) is 13.1. The monoisotopic (exact) mass is 284 g/mol. The SMILES string of the molecule is CCC(N)Cc1cc(C)ccc1OCc1cncc(C)c1. The molecule has 21 heavy (non-hydrogen) atoms. The van der Waals surface area contributed by atoms with Crippen LogP contribution in [0.2, 0.25) is 0 Å². The van der Waals surface area contributed by atoms with Gasteiger partial charge in [0.25, 0.3) is 0 Å². The Morgan fingerprint density at radius 1 is 1.14 bits per heavy atom. The van der Waals surface area contributed by atoms with Gasteiger partial charge in [0, 0.05) is 24.0 Å². The van der Waals surface area contributed by atoms with Gasteiger partial charge in [-0.1, -0.05) is 24.6 Å². The molecule has 0 radical (unpaired) electrons. The average Bonchev–Trinajstić information content (AvgIpc) is 2.46. The maximum atomic E-state index is 6.09. The van der Waals surface area contributed by atoms with E-state index in [9.17, 15) is 0 Å². The van der Waals surface area contributed by atoms with Crippen LogP contribution in [0.4, 0.5) is 0 Å². The highest BCUT2D eigenvalue weighted by Crippen LogP contribution is 2.23. The zero-order chi connectivity index (χ0) is 15.2. The normalized spacial score (nSPS) is 12.2. The van der Waals surface area contributed by atoms with E-state index in [0.717, 1.165) is 29.7 Å². The molecule has 0 amide bonds. The zero-order valence-electron chi connectivity index (χ0n) is 13.1. The number of aryl methyl sites for hydroxylation is 2. The van der Waals surface area contributed by atoms with E-state index in [1.54, 1.807) is 0 Å². The molecule has 2 rings (SSSR count). The number of benzene rings is 1. The molecule has 3 heteroatoms. The minimum absolute atomic E-state index is 0.176. The summed E-state index contributed by atoms with van der Waals surface area (Å²) in [5.74, 6) is 0.922. The van der Waals surface area contributed by atoms with Crippen molar-refractivity contribution in [1.82, 2.24) is 4.98 Å². The molecule has 3 nitrogen and oxygen atoms in total. The molecule has 0 aliphatic carbocycles. The third kappa shape index (κ3) is 4.57. The first-order chi connectivity index (χ1) is 10.1. The van der Waals surface area contributed by atoms with Gasteiger partial charge < -0.3 is 10.5 Å². The minimum atomic E-state index is 0.176. The second-order valence-corrected chi connectivity index (χ2v) is 5.64. The van der Waals surface area contributed by atoms with Crippen LogP contribution in [0, 0.1) is 13.8 Å². The fourth-order valence-electron chi connectivity index (χ4n) is 2.29. The highest BCUT2D eigenvalue weighted by Gasteiger charge is 2.09. The van der Waals surface area contributed by atoms with E-state index in [4.69, 9.17) is 10.5 Å². The molecule has 112 valence electrons. The average molecular weight is 284 g/mol. The Labute approximate surface area is 127 Å². The van der Waals surface area contributed by atoms with Gasteiger partial charge >= 0.3 is 0 Å². The lowest BCUT2D eigenvalue weighted by Gasteiger charge is -2.15. The molecule has 2 N–H and O–H groups in total. The summed E-state index contributed by atoms with van der Waals surface area (Å²) in [4.78, 5) is 4.19. The van der Waals surface area contributed by atoms with Gasteiger partial charge in [-0.25, -0.2) is 0 Å². The Kier molecular flexibility index (Phi) is 5.34. The maximum absolute atomic E-state index is 6.09. The lowest BCUT2D eigenvalue weighted by atomic mass is 10.0. The molecule has 1 unspecified atom stereocenters. The summed E-state index contributed by atoms with van der Waals surface area (Å²) in [5.41, 5.74) is 10.7. The van der Waals surface area contributed by atoms with Gasteiger partial charge in [0.05, 0.1) is 0 Å². The van der Waals surface area contributed by atoms with Crippen molar-refractivity contribution in [3.8, 4) is 5.75 Å². The van der Waals surface area contributed by atoms with Gasteiger partial charge in [-0.2, -0.15) is 0 Å². The summed E-state index contributed by atoms with van der Waals surface area (Å²) in [5, 5.41) is 0. The second kappa shape index (κ2) is 7.23. The smallest absolute Gasteiger partial charge is 0.123 e. The Morgan fingerprint density at radius 3 is 2.67 bits per heavy atom. The number of hydrogen-bond acceptors (Lipinski definition) is 3.